The van der Waals surface area contributed by atoms with Crippen molar-refractivity contribution in [2.45, 2.75) is 12.8 Å². The third-order valence-electron chi connectivity index (χ3n) is 3.91. The standard InChI is InChI=1S/C19H17N5O2/c1-25-17-10-6-5-7-14(17)11-18-21-19(26-23-18)12-15-13-20-24(22-15)16-8-3-2-4-9-16/h2-10,13H,11-12H2,1H3. The molecule has 0 aliphatic rings. The van der Waals surface area contributed by atoms with E-state index in [1.54, 1.807) is 18.1 Å². The molecule has 130 valence electrons. The maximum atomic E-state index is 5.36. The maximum Gasteiger partial charge on any atom is 0.232 e. The van der Waals surface area contributed by atoms with Gasteiger partial charge in [0.25, 0.3) is 0 Å². The summed E-state index contributed by atoms with van der Waals surface area (Å²) in [5, 5.41) is 12.8. The molecule has 2 aromatic heterocycles. The zero-order valence-electron chi connectivity index (χ0n) is 14.2. The van der Waals surface area contributed by atoms with Gasteiger partial charge in [0.1, 0.15) is 5.75 Å². The minimum absolute atomic E-state index is 0.436. The SMILES string of the molecule is COc1ccccc1Cc1noc(Cc2cnn(-c3ccccc3)n2)n1. The number of methoxy groups -OCH3 is 1. The van der Waals surface area contributed by atoms with Gasteiger partial charge in [-0.3, -0.25) is 0 Å². The highest BCUT2D eigenvalue weighted by Crippen LogP contribution is 2.20. The van der Waals surface area contributed by atoms with Crippen molar-refractivity contribution < 1.29 is 9.26 Å². The van der Waals surface area contributed by atoms with Crippen LogP contribution in [-0.2, 0) is 12.8 Å². The molecule has 0 aliphatic carbocycles. The molecule has 2 heterocycles. The second kappa shape index (κ2) is 7.18. The van der Waals surface area contributed by atoms with Crippen molar-refractivity contribution in [3.63, 3.8) is 0 Å². The second-order valence-electron chi connectivity index (χ2n) is 5.73. The second-order valence-corrected chi connectivity index (χ2v) is 5.73. The first-order chi connectivity index (χ1) is 12.8. The van der Waals surface area contributed by atoms with E-state index < -0.39 is 0 Å². The van der Waals surface area contributed by atoms with Crippen LogP contribution in [0.15, 0.2) is 65.3 Å². The highest BCUT2D eigenvalue weighted by molar-refractivity contribution is 5.35. The molecular weight excluding hydrogens is 330 g/mol. The maximum absolute atomic E-state index is 5.36. The van der Waals surface area contributed by atoms with Crippen molar-refractivity contribution in [2.24, 2.45) is 0 Å². The monoisotopic (exact) mass is 347 g/mol. The molecule has 0 spiro atoms. The molecule has 0 unspecified atom stereocenters. The van der Waals surface area contributed by atoms with E-state index in [4.69, 9.17) is 9.26 Å². The van der Waals surface area contributed by atoms with Crippen molar-refractivity contribution in [3.05, 3.63) is 83.8 Å². The predicted octanol–water partition coefficient (Wildman–Crippen LogP) is 2.84. The first-order valence-corrected chi connectivity index (χ1v) is 8.22. The fourth-order valence-corrected chi connectivity index (χ4v) is 2.67. The van der Waals surface area contributed by atoms with E-state index >= 15 is 0 Å². The number of hydrogen-bond donors (Lipinski definition) is 0. The Labute approximate surface area is 150 Å². The Balaban J connectivity index is 1.46. The van der Waals surface area contributed by atoms with Gasteiger partial charge in [-0.25, -0.2) is 0 Å². The average molecular weight is 347 g/mol. The van der Waals surface area contributed by atoms with Gasteiger partial charge in [0.15, 0.2) is 5.82 Å². The van der Waals surface area contributed by atoms with E-state index in [1.807, 2.05) is 54.6 Å². The zero-order valence-corrected chi connectivity index (χ0v) is 14.2. The summed E-state index contributed by atoms with van der Waals surface area (Å²) < 4.78 is 10.7. The Bertz CT molecular complexity index is 994. The molecule has 0 bridgehead atoms. The molecule has 26 heavy (non-hydrogen) atoms. The molecule has 0 fully saturated rings. The molecule has 7 heteroatoms. The van der Waals surface area contributed by atoms with Crippen LogP contribution in [-0.4, -0.2) is 32.2 Å². The number of hydrogen-bond acceptors (Lipinski definition) is 6. The van der Waals surface area contributed by atoms with Gasteiger partial charge < -0.3 is 9.26 Å². The molecule has 7 nitrogen and oxygen atoms in total. The minimum atomic E-state index is 0.436. The summed E-state index contributed by atoms with van der Waals surface area (Å²) in [4.78, 5) is 6.03. The zero-order chi connectivity index (χ0) is 17.8. The van der Waals surface area contributed by atoms with Crippen LogP contribution in [0.25, 0.3) is 5.69 Å². The number of ether oxygens (including phenoxy) is 1. The lowest BCUT2D eigenvalue weighted by Gasteiger charge is -2.04. The fourth-order valence-electron chi connectivity index (χ4n) is 2.67. The molecule has 4 aromatic rings. The molecule has 0 amide bonds. The molecular formula is C19H17N5O2. The Kier molecular flexibility index (Phi) is 4.42. The van der Waals surface area contributed by atoms with E-state index in [1.165, 1.54) is 0 Å². The lowest BCUT2D eigenvalue weighted by Crippen LogP contribution is -1.99. The van der Waals surface area contributed by atoms with E-state index in [9.17, 15) is 0 Å². The number of rotatable bonds is 6. The summed E-state index contributed by atoms with van der Waals surface area (Å²) in [7, 11) is 1.65. The van der Waals surface area contributed by atoms with E-state index in [0.29, 0.717) is 24.6 Å². The highest BCUT2D eigenvalue weighted by atomic mass is 16.5. The summed E-state index contributed by atoms with van der Waals surface area (Å²) in [6.45, 7) is 0. The van der Waals surface area contributed by atoms with Crippen molar-refractivity contribution in [1.82, 2.24) is 25.1 Å². The summed E-state index contributed by atoms with van der Waals surface area (Å²) in [6.07, 6.45) is 2.69. The predicted molar refractivity (Wildman–Crippen MR) is 94.3 cm³/mol. The van der Waals surface area contributed by atoms with Gasteiger partial charge in [0.05, 0.1) is 31.1 Å². The third-order valence-corrected chi connectivity index (χ3v) is 3.91. The van der Waals surface area contributed by atoms with Crippen LogP contribution in [0.3, 0.4) is 0 Å². The van der Waals surface area contributed by atoms with E-state index in [2.05, 4.69) is 20.3 Å². The van der Waals surface area contributed by atoms with Gasteiger partial charge >= 0.3 is 0 Å². The first kappa shape index (κ1) is 16.0. The van der Waals surface area contributed by atoms with Crippen LogP contribution in [0.1, 0.15) is 23.0 Å². The number of aromatic nitrogens is 5. The number of benzene rings is 2. The largest absolute Gasteiger partial charge is 0.496 e. The van der Waals surface area contributed by atoms with Crippen molar-refractivity contribution >= 4 is 0 Å². The van der Waals surface area contributed by atoms with Gasteiger partial charge in [-0.1, -0.05) is 41.6 Å². The molecule has 0 saturated heterocycles. The Morgan fingerprint density at radius 2 is 1.81 bits per heavy atom. The summed E-state index contributed by atoms with van der Waals surface area (Å²) >= 11 is 0. The molecule has 4 rings (SSSR count). The number of nitrogens with zero attached hydrogens (tertiary/aromatic N) is 5. The topological polar surface area (TPSA) is 78.9 Å². The van der Waals surface area contributed by atoms with Crippen molar-refractivity contribution in [3.8, 4) is 11.4 Å². The van der Waals surface area contributed by atoms with Crippen LogP contribution in [0.4, 0.5) is 0 Å². The van der Waals surface area contributed by atoms with Crippen LogP contribution < -0.4 is 4.74 Å². The Morgan fingerprint density at radius 3 is 2.65 bits per heavy atom. The van der Waals surface area contributed by atoms with Crippen molar-refractivity contribution in [1.29, 1.82) is 0 Å². The summed E-state index contributed by atoms with van der Waals surface area (Å²) in [5.41, 5.74) is 2.68. The minimum Gasteiger partial charge on any atom is -0.496 e. The van der Waals surface area contributed by atoms with Crippen LogP contribution in [0, 0.1) is 0 Å². The molecule has 0 aliphatic heterocycles. The molecule has 0 atom stereocenters. The molecule has 0 radical (unpaired) electrons. The summed E-state index contributed by atoms with van der Waals surface area (Å²) in [5.74, 6) is 1.93. The lowest BCUT2D eigenvalue weighted by molar-refractivity contribution is 0.378. The summed E-state index contributed by atoms with van der Waals surface area (Å²) in [6, 6.07) is 17.5. The quantitative estimate of drug-likeness (QED) is 0.534. The molecule has 0 saturated carbocycles. The van der Waals surface area contributed by atoms with E-state index in [0.717, 1.165) is 22.7 Å². The lowest BCUT2D eigenvalue weighted by atomic mass is 10.1. The van der Waals surface area contributed by atoms with E-state index in [-0.39, 0.29) is 0 Å². The third kappa shape index (κ3) is 3.46. The number of para-hydroxylation sites is 2. The normalized spacial score (nSPS) is 10.8. The van der Waals surface area contributed by atoms with Gasteiger partial charge in [0.2, 0.25) is 5.89 Å². The van der Waals surface area contributed by atoms with Crippen LogP contribution in [0.5, 0.6) is 5.75 Å². The van der Waals surface area contributed by atoms with Gasteiger partial charge in [-0.2, -0.15) is 20.0 Å². The van der Waals surface area contributed by atoms with Gasteiger partial charge in [-0.15, -0.1) is 0 Å². The Hall–Kier alpha value is -3.48. The Morgan fingerprint density at radius 1 is 1.00 bits per heavy atom. The van der Waals surface area contributed by atoms with Crippen molar-refractivity contribution in [2.75, 3.05) is 7.11 Å². The van der Waals surface area contributed by atoms with Crippen LogP contribution in [0.2, 0.25) is 0 Å². The van der Waals surface area contributed by atoms with Gasteiger partial charge in [-0.05, 0) is 18.2 Å². The van der Waals surface area contributed by atoms with Gasteiger partial charge in [0, 0.05) is 12.0 Å². The first-order valence-electron chi connectivity index (χ1n) is 8.22. The highest BCUT2D eigenvalue weighted by Gasteiger charge is 2.12. The average Bonchev–Trinajstić information content (AvgIpc) is 3.33. The fraction of sp³-hybridized carbons (Fsp3) is 0.158. The molecule has 2 aromatic carbocycles. The smallest absolute Gasteiger partial charge is 0.232 e. The molecule has 0 N–H and O–H groups in total. The van der Waals surface area contributed by atoms with Crippen LogP contribution >= 0.6 is 0 Å².